The number of imide groups is 1. The van der Waals surface area contributed by atoms with Gasteiger partial charge in [0.05, 0.1) is 12.8 Å². The normalized spacial score (nSPS) is 19.9. The van der Waals surface area contributed by atoms with Crippen LogP contribution in [0.4, 0.5) is 10.5 Å². The highest BCUT2D eigenvalue weighted by Gasteiger charge is 2.53. The van der Waals surface area contributed by atoms with E-state index in [-0.39, 0.29) is 11.9 Å². The lowest BCUT2D eigenvalue weighted by atomic mass is 9.89. The van der Waals surface area contributed by atoms with Crippen molar-refractivity contribution in [3.8, 4) is 5.75 Å². The van der Waals surface area contributed by atoms with Crippen LogP contribution in [0, 0.1) is 0 Å². The zero-order valence-corrected chi connectivity index (χ0v) is 17.5. The van der Waals surface area contributed by atoms with Crippen LogP contribution in [0.25, 0.3) is 10.9 Å². The first-order valence-corrected chi connectivity index (χ1v) is 10.6. The van der Waals surface area contributed by atoms with Gasteiger partial charge in [-0.1, -0.05) is 48.5 Å². The van der Waals surface area contributed by atoms with Gasteiger partial charge >= 0.3 is 6.03 Å². The second kappa shape index (κ2) is 6.99. The number of carbonyl (C=O) groups excluding carboxylic acids is 2. The molecule has 0 bridgehead atoms. The van der Waals surface area contributed by atoms with E-state index in [4.69, 9.17) is 4.74 Å². The van der Waals surface area contributed by atoms with Gasteiger partial charge in [-0.2, -0.15) is 0 Å². The fraction of sp³-hybridized carbons (Fsp3) is 0.154. The number of para-hydroxylation sites is 2. The van der Waals surface area contributed by atoms with Crippen molar-refractivity contribution in [2.45, 2.75) is 18.5 Å². The summed E-state index contributed by atoms with van der Waals surface area (Å²) in [7, 11) is 1.63. The Hall–Kier alpha value is -4.06. The molecule has 0 aliphatic carbocycles. The number of amides is 3. The number of nitrogens with zero attached hydrogens (tertiary/aromatic N) is 2. The van der Waals surface area contributed by atoms with Gasteiger partial charge < -0.3 is 9.72 Å². The number of fused-ring (bicyclic) bond motifs is 4. The highest BCUT2D eigenvalue weighted by atomic mass is 16.5. The SMILES string of the molecule is COc1ccc([C@@H]2c3[nH]c4ccccc4c3C[C@H]3C(=O)N(c4ccccc4)C(=O)N23)cc1. The topological polar surface area (TPSA) is 65.6 Å². The first-order chi connectivity index (χ1) is 15.7. The van der Waals surface area contributed by atoms with E-state index in [1.165, 1.54) is 4.90 Å². The molecule has 0 unspecified atom stereocenters. The standard InChI is InChI=1S/C26H21N3O3/c1-32-18-13-11-16(12-14-18)24-23-20(19-9-5-6-10-21(19)27-23)15-22-25(30)28(26(31)29(22)24)17-7-3-2-4-8-17/h2-14,22,24,27H,15H2,1H3/t22-,24+/m0/s1. The molecule has 1 N–H and O–H groups in total. The third kappa shape index (κ3) is 2.59. The minimum atomic E-state index is -0.554. The lowest BCUT2D eigenvalue weighted by molar-refractivity contribution is -0.120. The van der Waals surface area contributed by atoms with Crippen molar-refractivity contribution < 1.29 is 14.3 Å². The molecule has 1 aromatic heterocycles. The Kier molecular flexibility index (Phi) is 4.08. The molecule has 1 saturated heterocycles. The molecule has 3 amide bonds. The summed E-state index contributed by atoms with van der Waals surface area (Å²) >= 11 is 0. The molecule has 0 spiro atoms. The van der Waals surface area contributed by atoms with Gasteiger partial charge in [-0.25, -0.2) is 9.69 Å². The number of aromatic nitrogens is 1. The Morgan fingerprint density at radius 2 is 1.62 bits per heavy atom. The summed E-state index contributed by atoms with van der Waals surface area (Å²) in [5, 5.41) is 1.10. The fourth-order valence-corrected chi connectivity index (χ4v) is 5.02. The fourth-order valence-electron chi connectivity index (χ4n) is 5.02. The number of benzene rings is 3. The van der Waals surface area contributed by atoms with E-state index < -0.39 is 12.1 Å². The molecule has 6 heteroatoms. The molecule has 4 aromatic rings. The van der Waals surface area contributed by atoms with Crippen molar-refractivity contribution in [1.29, 1.82) is 0 Å². The zero-order valence-electron chi connectivity index (χ0n) is 17.5. The Balaban J connectivity index is 1.54. The van der Waals surface area contributed by atoms with Crippen molar-refractivity contribution in [2.75, 3.05) is 12.0 Å². The van der Waals surface area contributed by atoms with Gasteiger partial charge in [0.1, 0.15) is 17.8 Å². The van der Waals surface area contributed by atoms with Crippen LogP contribution < -0.4 is 9.64 Å². The van der Waals surface area contributed by atoms with Gasteiger partial charge in [-0.05, 0) is 41.5 Å². The van der Waals surface area contributed by atoms with Gasteiger partial charge in [-0.15, -0.1) is 0 Å². The summed E-state index contributed by atoms with van der Waals surface area (Å²) in [5.74, 6) is 0.559. The molecule has 3 aromatic carbocycles. The molecular formula is C26H21N3O3. The number of aromatic amines is 1. The lowest BCUT2D eigenvalue weighted by Gasteiger charge is -2.36. The van der Waals surface area contributed by atoms with E-state index in [1.54, 1.807) is 24.1 Å². The zero-order chi connectivity index (χ0) is 21.8. The highest BCUT2D eigenvalue weighted by Crippen LogP contribution is 2.45. The van der Waals surface area contributed by atoms with Crippen LogP contribution in [-0.2, 0) is 11.2 Å². The van der Waals surface area contributed by atoms with Gasteiger partial charge in [0, 0.05) is 23.0 Å². The van der Waals surface area contributed by atoms with E-state index in [0.29, 0.717) is 12.1 Å². The Morgan fingerprint density at radius 1 is 0.906 bits per heavy atom. The van der Waals surface area contributed by atoms with Crippen molar-refractivity contribution in [3.63, 3.8) is 0 Å². The second-order valence-electron chi connectivity index (χ2n) is 8.16. The summed E-state index contributed by atoms with van der Waals surface area (Å²) in [6, 6.07) is 23.7. The number of H-pyrrole nitrogens is 1. The summed E-state index contributed by atoms with van der Waals surface area (Å²) in [6.45, 7) is 0. The van der Waals surface area contributed by atoms with E-state index in [1.807, 2.05) is 60.7 Å². The van der Waals surface area contributed by atoms with Crippen LogP contribution >= 0.6 is 0 Å². The molecule has 2 aliphatic rings. The number of urea groups is 1. The number of nitrogens with one attached hydrogen (secondary N) is 1. The summed E-state index contributed by atoms with van der Waals surface area (Å²) < 4.78 is 5.32. The van der Waals surface area contributed by atoms with Crippen LogP contribution in [0.5, 0.6) is 5.75 Å². The number of hydrogen-bond donors (Lipinski definition) is 1. The Labute approximate surface area is 185 Å². The molecule has 0 radical (unpaired) electrons. The number of rotatable bonds is 3. The van der Waals surface area contributed by atoms with Gasteiger partial charge in [-0.3, -0.25) is 9.69 Å². The number of anilines is 1. The van der Waals surface area contributed by atoms with E-state index >= 15 is 0 Å². The van der Waals surface area contributed by atoms with Crippen molar-refractivity contribution in [2.24, 2.45) is 0 Å². The van der Waals surface area contributed by atoms with Crippen LogP contribution in [0.2, 0.25) is 0 Å². The Bertz CT molecular complexity index is 1340. The quantitative estimate of drug-likeness (QED) is 0.488. The number of carbonyl (C=O) groups is 2. The molecule has 2 aliphatic heterocycles. The highest BCUT2D eigenvalue weighted by molar-refractivity contribution is 6.22. The third-order valence-corrected chi connectivity index (χ3v) is 6.50. The van der Waals surface area contributed by atoms with Crippen molar-refractivity contribution in [3.05, 3.63) is 95.7 Å². The maximum atomic E-state index is 13.7. The van der Waals surface area contributed by atoms with Crippen molar-refractivity contribution in [1.82, 2.24) is 9.88 Å². The molecule has 0 saturated carbocycles. The number of ether oxygens (including phenoxy) is 1. The second-order valence-corrected chi connectivity index (χ2v) is 8.16. The predicted molar refractivity (Wildman–Crippen MR) is 122 cm³/mol. The van der Waals surface area contributed by atoms with Gasteiger partial charge in [0.25, 0.3) is 5.91 Å². The largest absolute Gasteiger partial charge is 0.497 e. The van der Waals surface area contributed by atoms with Crippen molar-refractivity contribution >= 4 is 28.5 Å². The third-order valence-electron chi connectivity index (χ3n) is 6.50. The van der Waals surface area contributed by atoms with E-state index in [2.05, 4.69) is 11.1 Å². The van der Waals surface area contributed by atoms with Gasteiger partial charge in [0.15, 0.2) is 0 Å². The van der Waals surface area contributed by atoms with E-state index in [0.717, 1.165) is 33.5 Å². The molecule has 6 rings (SSSR count). The predicted octanol–water partition coefficient (Wildman–Crippen LogP) is 4.66. The maximum absolute atomic E-state index is 13.7. The monoisotopic (exact) mass is 423 g/mol. The minimum Gasteiger partial charge on any atom is -0.497 e. The molecule has 2 atom stereocenters. The summed E-state index contributed by atoms with van der Waals surface area (Å²) in [5.41, 5.74) is 4.60. The molecule has 3 heterocycles. The average molecular weight is 423 g/mol. The number of methoxy groups -OCH3 is 1. The average Bonchev–Trinajstić information content (AvgIpc) is 3.33. The number of hydrogen-bond acceptors (Lipinski definition) is 3. The first-order valence-electron chi connectivity index (χ1n) is 10.6. The maximum Gasteiger partial charge on any atom is 0.332 e. The molecule has 6 nitrogen and oxygen atoms in total. The first kappa shape index (κ1) is 18.7. The smallest absolute Gasteiger partial charge is 0.332 e. The molecule has 158 valence electrons. The summed E-state index contributed by atoms with van der Waals surface area (Å²) in [4.78, 5) is 33.8. The van der Waals surface area contributed by atoms with Gasteiger partial charge in [0.2, 0.25) is 0 Å². The van der Waals surface area contributed by atoms with Crippen LogP contribution in [0.1, 0.15) is 22.9 Å². The molecule has 32 heavy (non-hydrogen) atoms. The van der Waals surface area contributed by atoms with E-state index in [9.17, 15) is 9.59 Å². The van der Waals surface area contributed by atoms with Crippen LogP contribution in [-0.4, -0.2) is 35.0 Å². The minimum absolute atomic E-state index is 0.185. The Morgan fingerprint density at radius 3 is 2.38 bits per heavy atom. The molecule has 1 fully saturated rings. The lowest BCUT2D eigenvalue weighted by Crippen LogP contribution is -2.44. The van der Waals surface area contributed by atoms with Crippen LogP contribution in [0.3, 0.4) is 0 Å². The summed E-state index contributed by atoms with van der Waals surface area (Å²) in [6.07, 6.45) is 0.486. The van der Waals surface area contributed by atoms with Crippen LogP contribution in [0.15, 0.2) is 78.9 Å². The molecular weight excluding hydrogens is 402 g/mol.